The van der Waals surface area contributed by atoms with E-state index in [1.807, 2.05) is 0 Å². The van der Waals surface area contributed by atoms with Gasteiger partial charge in [-0.3, -0.25) is 0 Å². The number of benzene rings is 1. The van der Waals surface area contributed by atoms with Crippen molar-refractivity contribution in [3.63, 3.8) is 0 Å². The summed E-state index contributed by atoms with van der Waals surface area (Å²) in [4.78, 5) is 0. The summed E-state index contributed by atoms with van der Waals surface area (Å²) in [6, 6.07) is 4.21. The molecular weight excluding hydrogens is 330 g/mol. The first-order valence-corrected chi connectivity index (χ1v) is 8.56. The Hall–Kier alpha value is -0.580. The highest BCUT2D eigenvalue weighted by atomic mass is 79.9. The SMILES string of the molecule is Cc1cc(Br)cc(CNCC(C)C)c1OCOCC1CC1. The van der Waals surface area contributed by atoms with Crippen molar-refractivity contribution < 1.29 is 9.47 Å². The molecule has 0 saturated heterocycles. The Bertz CT molecular complexity index is 458. The molecule has 3 nitrogen and oxygen atoms in total. The molecular formula is C17H26BrNO2. The van der Waals surface area contributed by atoms with Crippen LogP contribution in [-0.4, -0.2) is 19.9 Å². The number of hydrogen-bond donors (Lipinski definition) is 1. The molecule has 1 aromatic carbocycles. The van der Waals surface area contributed by atoms with Crippen LogP contribution in [0.5, 0.6) is 5.75 Å². The summed E-state index contributed by atoms with van der Waals surface area (Å²) in [5.41, 5.74) is 2.32. The maximum absolute atomic E-state index is 5.88. The van der Waals surface area contributed by atoms with Crippen molar-refractivity contribution in [2.45, 2.75) is 40.2 Å². The fraction of sp³-hybridized carbons (Fsp3) is 0.647. The molecule has 118 valence electrons. The van der Waals surface area contributed by atoms with Gasteiger partial charge in [0.05, 0.1) is 6.61 Å². The van der Waals surface area contributed by atoms with Gasteiger partial charge in [0, 0.05) is 16.6 Å². The number of rotatable bonds is 9. The molecule has 0 bridgehead atoms. The van der Waals surface area contributed by atoms with E-state index in [0.717, 1.165) is 41.4 Å². The van der Waals surface area contributed by atoms with Crippen LogP contribution in [0.1, 0.15) is 37.8 Å². The van der Waals surface area contributed by atoms with Crippen molar-refractivity contribution in [1.82, 2.24) is 5.32 Å². The van der Waals surface area contributed by atoms with Crippen LogP contribution in [-0.2, 0) is 11.3 Å². The Kier molecular flexibility index (Phi) is 6.52. The molecule has 1 saturated carbocycles. The van der Waals surface area contributed by atoms with Crippen molar-refractivity contribution in [1.29, 1.82) is 0 Å². The molecule has 0 amide bonds. The highest BCUT2D eigenvalue weighted by Gasteiger charge is 2.21. The van der Waals surface area contributed by atoms with Crippen LogP contribution < -0.4 is 10.1 Å². The van der Waals surface area contributed by atoms with Gasteiger partial charge in [0.1, 0.15) is 5.75 Å². The van der Waals surface area contributed by atoms with Crippen molar-refractivity contribution in [2.75, 3.05) is 19.9 Å². The molecule has 1 aliphatic carbocycles. The molecule has 0 radical (unpaired) electrons. The number of halogens is 1. The zero-order valence-corrected chi connectivity index (χ0v) is 14.8. The van der Waals surface area contributed by atoms with Gasteiger partial charge < -0.3 is 14.8 Å². The number of hydrogen-bond acceptors (Lipinski definition) is 3. The topological polar surface area (TPSA) is 30.5 Å². The predicted molar refractivity (Wildman–Crippen MR) is 89.6 cm³/mol. The lowest BCUT2D eigenvalue weighted by molar-refractivity contribution is 0.00903. The average molecular weight is 356 g/mol. The maximum atomic E-state index is 5.88. The van der Waals surface area contributed by atoms with E-state index in [9.17, 15) is 0 Å². The Labute approximate surface area is 136 Å². The molecule has 1 N–H and O–H groups in total. The number of nitrogens with one attached hydrogen (secondary N) is 1. The Balaban J connectivity index is 1.91. The highest BCUT2D eigenvalue weighted by Crippen LogP contribution is 2.30. The Morgan fingerprint density at radius 2 is 2.10 bits per heavy atom. The summed E-state index contributed by atoms with van der Waals surface area (Å²) in [6.07, 6.45) is 2.61. The van der Waals surface area contributed by atoms with E-state index in [1.165, 1.54) is 18.4 Å². The molecule has 0 atom stereocenters. The van der Waals surface area contributed by atoms with Gasteiger partial charge >= 0.3 is 0 Å². The predicted octanol–water partition coefficient (Wildman–Crippen LogP) is 4.27. The molecule has 0 heterocycles. The third-order valence-electron chi connectivity index (χ3n) is 3.52. The van der Waals surface area contributed by atoms with Crippen LogP contribution in [0, 0.1) is 18.8 Å². The first-order valence-electron chi connectivity index (χ1n) is 7.76. The van der Waals surface area contributed by atoms with Crippen molar-refractivity contribution >= 4 is 15.9 Å². The summed E-state index contributed by atoms with van der Waals surface area (Å²) < 4.78 is 12.6. The van der Waals surface area contributed by atoms with E-state index < -0.39 is 0 Å². The zero-order valence-electron chi connectivity index (χ0n) is 13.2. The fourth-order valence-corrected chi connectivity index (χ4v) is 2.85. The summed E-state index contributed by atoms with van der Waals surface area (Å²) >= 11 is 3.56. The molecule has 1 aromatic rings. The molecule has 0 spiro atoms. The number of ether oxygens (including phenoxy) is 2. The van der Waals surface area contributed by atoms with E-state index in [2.05, 4.69) is 54.2 Å². The third-order valence-corrected chi connectivity index (χ3v) is 3.98. The second kappa shape index (κ2) is 8.16. The van der Waals surface area contributed by atoms with Crippen LogP contribution in [0.3, 0.4) is 0 Å². The monoisotopic (exact) mass is 355 g/mol. The summed E-state index contributed by atoms with van der Waals surface area (Å²) in [5.74, 6) is 2.36. The summed E-state index contributed by atoms with van der Waals surface area (Å²) in [7, 11) is 0. The molecule has 1 aliphatic rings. The van der Waals surface area contributed by atoms with Crippen molar-refractivity contribution in [3.05, 3.63) is 27.7 Å². The molecule has 2 rings (SSSR count). The Morgan fingerprint density at radius 3 is 2.76 bits per heavy atom. The fourth-order valence-electron chi connectivity index (χ4n) is 2.23. The van der Waals surface area contributed by atoms with Gasteiger partial charge in [-0.1, -0.05) is 29.8 Å². The first-order chi connectivity index (χ1) is 10.1. The summed E-state index contributed by atoms with van der Waals surface area (Å²) in [5, 5.41) is 3.47. The zero-order chi connectivity index (χ0) is 15.2. The van der Waals surface area contributed by atoms with Gasteiger partial charge in [0.2, 0.25) is 0 Å². The molecule has 0 aromatic heterocycles. The van der Waals surface area contributed by atoms with Gasteiger partial charge in [-0.15, -0.1) is 0 Å². The molecule has 0 aliphatic heterocycles. The largest absolute Gasteiger partial charge is 0.467 e. The van der Waals surface area contributed by atoms with Crippen LogP contribution >= 0.6 is 15.9 Å². The van der Waals surface area contributed by atoms with Gasteiger partial charge in [-0.05, 0) is 55.8 Å². The van der Waals surface area contributed by atoms with Crippen LogP contribution in [0.4, 0.5) is 0 Å². The van der Waals surface area contributed by atoms with Crippen molar-refractivity contribution in [2.24, 2.45) is 11.8 Å². The van der Waals surface area contributed by atoms with E-state index in [-0.39, 0.29) is 0 Å². The minimum Gasteiger partial charge on any atom is -0.467 e. The second-order valence-corrected chi connectivity index (χ2v) is 7.23. The summed E-state index contributed by atoms with van der Waals surface area (Å²) in [6.45, 7) is 9.49. The number of aryl methyl sites for hydroxylation is 1. The highest BCUT2D eigenvalue weighted by molar-refractivity contribution is 9.10. The van der Waals surface area contributed by atoms with E-state index >= 15 is 0 Å². The van der Waals surface area contributed by atoms with E-state index in [0.29, 0.717) is 12.7 Å². The van der Waals surface area contributed by atoms with Crippen LogP contribution in [0.15, 0.2) is 16.6 Å². The van der Waals surface area contributed by atoms with Gasteiger partial charge in [-0.25, -0.2) is 0 Å². The second-order valence-electron chi connectivity index (χ2n) is 6.31. The standard InChI is InChI=1S/C17H26BrNO2/c1-12(2)8-19-9-15-7-16(18)6-13(3)17(15)21-11-20-10-14-4-5-14/h6-7,12,14,19H,4-5,8-11H2,1-3H3. The van der Waals surface area contributed by atoms with Crippen LogP contribution in [0.25, 0.3) is 0 Å². The van der Waals surface area contributed by atoms with E-state index in [1.54, 1.807) is 0 Å². The van der Waals surface area contributed by atoms with Gasteiger partial charge in [-0.2, -0.15) is 0 Å². The van der Waals surface area contributed by atoms with Gasteiger partial charge in [0.15, 0.2) is 6.79 Å². The lowest BCUT2D eigenvalue weighted by atomic mass is 10.1. The molecule has 4 heteroatoms. The lowest BCUT2D eigenvalue weighted by Gasteiger charge is -2.16. The normalized spacial score (nSPS) is 14.7. The van der Waals surface area contributed by atoms with Crippen molar-refractivity contribution in [3.8, 4) is 5.75 Å². The minimum absolute atomic E-state index is 0.343. The first kappa shape index (κ1) is 16.8. The van der Waals surface area contributed by atoms with Crippen LogP contribution in [0.2, 0.25) is 0 Å². The Morgan fingerprint density at radius 1 is 1.33 bits per heavy atom. The minimum atomic E-state index is 0.343. The lowest BCUT2D eigenvalue weighted by Crippen LogP contribution is -2.20. The molecule has 1 fully saturated rings. The maximum Gasteiger partial charge on any atom is 0.189 e. The average Bonchev–Trinajstić information content (AvgIpc) is 3.20. The van der Waals surface area contributed by atoms with E-state index in [4.69, 9.17) is 9.47 Å². The molecule has 0 unspecified atom stereocenters. The smallest absolute Gasteiger partial charge is 0.189 e. The quantitative estimate of drug-likeness (QED) is 0.530. The van der Waals surface area contributed by atoms with Gasteiger partial charge in [0.25, 0.3) is 0 Å². The third kappa shape index (κ3) is 5.97. The molecule has 21 heavy (non-hydrogen) atoms.